The minimum absolute atomic E-state index is 0.0106. The van der Waals surface area contributed by atoms with Crippen molar-refractivity contribution in [2.24, 2.45) is 0 Å². The Hall–Kier alpha value is -3.80. The first-order valence-corrected chi connectivity index (χ1v) is 17.6. The summed E-state index contributed by atoms with van der Waals surface area (Å²) >= 11 is 0. The van der Waals surface area contributed by atoms with Crippen LogP contribution in [0.2, 0.25) is 0 Å². The summed E-state index contributed by atoms with van der Waals surface area (Å²) in [6.45, 7) is 3.05. The standard InChI is InChI=1S/C39H52N4O6/c1-47-27-32-9-8-22-43(32)25-33-23-36(30-18-16-29(26-44)17-19-30)49-39(48-33)31-20-14-28(15-21-31)24-41-37(45)12-4-2-3-5-13-38(46)42-35-11-7-6-10-34(35)40/h6-7,10-11,14-21,32-33,36,39,44H,2-5,8-9,12-13,22-27,40H2,1H3,(H,41,45)(H,42,46). The lowest BCUT2D eigenvalue weighted by Crippen LogP contribution is -2.42. The molecule has 3 aromatic carbocycles. The molecule has 2 aliphatic heterocycles. The van der Waals surface area contributed by atoms with Crippen LogP contribution in [0.15, 0.2) is 72.8 Å². The summed E-state index contributed by atoms with van der Waals surface area (Å²) in [5.74, 6) is -0.0264. The van der Waals surface area contributed by atoms with Crippen LogP contribution in [0.25, 0.3) is 0 Å². The van der Waals surface area contributed by atoms with Gasteiger partial charge in [0, 0.05) is 51.1 Å². The number of ether oxygens (including phenoxy) is 3. The SMILES string of the molecule is COCC1CCCN1CC1CC(c2ccc(CO)cc2)OC(c2ccc(CNC(=O)CCCCCCC(=O)Nc3ccccc3N)cc2)O1. The van der Waals surface area contributed by atoms with Crippen molar-refractivity contribution in [3.63, 3.8) is 0 Å². The van der Waals surface area contributed by atoms with Gasteiger partial charge >= 0.3 is 0 Å². The Morgan fingerprint density at radius 2 is 1.59 bits per heavy atom. The van der Waals surface area contributed by atoms with Gasteiger partial charge in [-0.05, 0) is 61.1 Å². The van der Waals surface area contributed by atoms with Gasteiger partial charge in [-0.3, -0.25) is 14.5 Å². The largest absolute Gasteiger partial charge is 0.397 e. The number of amides is 2. The first-order chi connectivity index (χ1) is 23.9. The molecule has 4 atom stereocenters. The number of hydrogen-bond donors (Lipinski definition) is 4. The van der Waals surface area contributed by atoms with Crippen LogP contribution in [0.5, 0.6) is 0 Å². The number of methoxy groups -OCH3 is 1. The number of nitrogen functional groups attached to an aromatic ring is 1. The van der Waals surface area contributed by atoms with E-state index in [1.807, 2.05) is 60.7 Å². The number of aliphatic hydroxyl groups excluding tert-OH is 1. The van der Waals surface area contributed by atoms with E-state index in [0.29, 0.717) is 36.8 Å². The molecule has 49 heavy (non-hydrogen) atoms. The number of nitrogens with zero attached hydrogens (tertiary/aromatic N) is 1. The van der Waals surface area contributed by atoms with Gasteiger partial charge in [-0.2, -0.15) is 0 Å². The van der Waals surface area contributed by atoms with Gasteiger partial charge in [0.25, 0.3) is 0 Å². The van der Waals surface area contributed by atoms with Crippen LogP contribution in [0, 0.1) is 0 Å². The third-order valence-corrected chi connectivity index (χ3v) is 9.45. The highest BCUT2D eigenvalue weighted by Gasteiger charge is 2.35. The Kier molecular flexibility index (Phi) is 14.0. The van der Waals surface area contributed by atoms with Gasteiger partial charge in [0.2, 0.25) is 11.8 Å². The van der Waals surface area contributed by atoms with Crippen molar-refractivity contribution < 1.29 is 28.9 Å². The first kappa shape index (κ1) is 36.5. The van der Waals surface area contributed by atoms with E-state index >= 15 is 0 Å². The number of unbranched alkanes of at least 4 members (excludes halogenated alkanes) is 3. The highest BCUT2D eigenvalue weighted by Crippen LogP contribution is 2.38. The Bertz CT molecular complexity index is 1470. The third-order valence-electron chi connectivity index (χ3n) is 9.45. The van der Waals surface area contributed by atoms with Gasteiger partial charge < -0.3 is 35.7 Å². The molecular formula is C39H52N4O6. The lowest BCUT2D eigenvalue weighted by molar-refractivity contribution is -0.253. The average molecular weight is 673 g/mol. The van der Waals surface area contributed by atoms with Crippen LogP contribution in [0.3, 0.4) is 0 Å². The number of para-hydroxylation sites is 2. The fourth-order valence-electron chi connectivity index (χ4n) is 6.64. The van der Waals surface area contributed by atoms with E-state index in [1.165, 1.54) is 0 Å². The van der Waals surface area contributed by atoms with E-state index in [0.717, 1.165) is 86.9 Å². The monoisotopic (exact) mass is 672 g/mol. The number of benzene rings is 3. The van der Waals surface area contributed by atoms with Crippen molar-refractivity contribution >= 4 is 23.2 Å². The molecule has 0 aliphatic carbocycles. The van der Waals surface area contributed by atoms with Gasteiger partial charge in [-0.25, -0.2) is 0 Å². The van der Waals surface area contributed by atoms with Crippen LogP contribution in [0.1, 0.15) is 92.4 Å². The highest BCUT2D eigenvalue weighted by atomic mass is 16.7. The summed E-state index contributed by atoms with van der Waals surface area (Å²) in [4.78, 5) is 27.2. The number of rotatable bonds is 17. The number of nitrogens with one attached hydrogen (secondary N) is 2. The molecule has 0 saturated carbocycles. The predicted molar refractivity (Wildman–Crippen MR) is 190 cm³/mol. The zero-order chi connectivity index (χ0) is 34.4. The van der Waals surface area contributed by atoms with Crippen LogP contribution >= 0.6 is 0 Å². The van der Waals surface area contributed by atoms with Crippen molar-refractivity contribution in [1.82, 2.24) is 10.2 Å². The number of anilines is 2. The number of nitrogens with two attached hydrogens (primary N) is 1. The van der Waals surface area contributed by atoms with Crippen LogP contribution < -0.4 is 16.4 Å². The molecule has 0 radical (unpaired) electrons. The Balaban J connectivity index is 1.06. The molecule has 2 amide bonds. The average Bonchev–Trinajstić information content (AvgIpc) is 3.56. The Morgan fingerprint density at radius 1 is 0.898 bits per heavy atom. The van der Waals surface area contributed by atoms with Gasteiger partial charge in [0.05, 0.1) is 36.8 Å². The minimum Gasteiger partial charge on any atom is -0.397 e. The molecular weight excluding hydrogens is 620 g/mol. The maximum absolute atomic E-state index is 12.5. The quantitative estimate of drug-likeness (QED) is 0.101. The summed E-state index contributed by atoms with van der Waals surface area (Å²) in [7, 11) is 1.76. The molecule has 5 N–H and O–H groups in total. The number of carbonyl (C=O) groups excluding carboxylic acids is 2. The molecule has 2 fully saturated rings. The molecule has 5 rings (SSSR count). The predicted octanol–water partition coefficient (Wildman–Crippen LogP) is 6.01. The summed E-state index contributed by atoms with van der Waals surface area (Å²) < 4.78 is 18.6. The minimum atomic E-state index is -0.518. The van der Waals surface area contributed by atoms with Crippen molar-refractivity contribution in [3.8, 4) is 0 Å². The van der Waals surface area contributed by atoms with E-state index in [2.05, 4.69) is 15.5 Å². The lowest BCUT2D eigenvalue weighted by Gasteiger charge is -2.38. The molecule has 0 bridgehead atoms. The number of hydrogen-bond acceptors (Lipinski definition) is 8. The molecule has 0 aromatic heterocycles. The van der Waals surface area contributed by atoms with Crippen molar-refractivity contribution in [1.29, 1.82) is 0 Å². The summed E-state index contributed by atoms with van der Waals surface area (Å²) in [5, 5.41) is 15.4. The van der Waals surface area contributed by atoms with Gasteiger partial charge in [0.15, 0.2) is 6.29 Å². The molecule has 0 spiro atoms. The Morgan fingerprint density at radius 3 is 2.31 bits per heavy atom. The second kappa shape index (κ2) is 18.8. The van der Waals surface area contributed by atoms with E-state index in [9.17, 15) is 14.7 Å². The summed E-state index contributed by atoms with van der Waals surface area (Å²) in [5.41, 5.74) is 11.0. The number of carbonyl (C=O) groups is 2. The van der Waals surface area contributed by atoms with E-state index in [-0.39, 0.29) is 30.6 Å². The molecule has 2 heterocycles. The van der Waals surface area contributed by atoms with E-state index in [1.54, 1.807) is 19.2 Å². The third kappa shape index (κ3) is 11.1. The normalized spacial score (nSPS) is 21.0. The second-order valence-corrected chi connectivity index (χ2v) is 13.2. The Labute approximate surface area is 290 Å². The molecule has 10 heteroatoms. The van der Waals surface area contributed by atoms with Crippen LogP contribution in [0.4, 0.5) is 11.4 Å². The molecule has 4 unspecified atom stereocenters. The highest BCUT2D eigenvalue weighted by molar-refractivity contribution is 5.93. The number of likely N-dealkylation sites (tertiary alicyclic amines) is 1. The van der Waals surface area contributed by atoms with E-state index in [4.69, 9.17) is 19.9 Å². The molecule has 264 valence electrons. The zero-order valence-electron chi connectivity index (χ0n) is 28.7. The van der Waals surface area contributed by atoms with Crippen molar-refractivity contribution in [3.05, 3.63) is 95.1 Å². The van der Waals surface area contributed by atoms with Crippen molar-refractivity contribution in [2.45, 2.75) is 95.5 Å². The van der Waals surface area contributed by atoms with Crippen LogP contribution in [-0.4, -0.2) is 60.8 Å². The number of aliphatic hydroxyl groups is 1. The zero-order valence-corrected chi connectivity index (χ0v) is 28.7. The summed E-state index contributed by atoms with van der Waals surface area (Å²) in [6.07, 6.45) is 6.60. The maximum atomic E-state index is 12.5. The van der Waals surface area contributed by atoms with E-state index < -0.39 is 6.29 Å². The fourth-order valence-corrected chi connectivity index (χ4v) is 6.64. The van der Waals surface area contributed by atoms with Gasteiger partial charge in [-0.1, -0.05) is 73.5 Å². The van der Waals surface area contributed by atoms with Crippen LogP contribution in [-0.2, 0) is 37.0 Å². The smallest absolute Gasteiger partial charge is 0.224 e. The molecule has 2 aliphatic rings. The van der Waals surface area contributed by atoms with Gasteiger partial charge in [0.1, 0.15) is 0 Å². The molecule has 2 saturated heterocycles. The maximum Gasteiger partial charge on any atom is 0.224 e. The topological polar surface area (TPSA) is 135 Å². The first-order valence-electron chi connectivity index (χ1n) is 17.6. The van der Waals surface area contributed by atoms with Gasteiger partial charge in [-0.15, -0.1) is 0 Å². The lowest BCUT2D eigenvalue weighted by atomic mass is 9.99. The molecule has 3 aromatic rings. The van der Waals surface area contributed by atoms with Crippen molar-refractivity contribution in [2.75, 3.05) is 37.9 Å². The second-order valence-electron chi connectivity index (χ2n) is 13.2. The molecule has 10 nitrogen and oxygen atoms in total. The summed E-state index contributed by atoms with van der Waals surface area (Å²) in [6, 6.07) is 23.7. The fraction of sp³-hybridized carbons (Fsp3) is 0.487.